The second-order valence-corrected chi connectivity index (χ2v) is 42.0. The predicted molar refractivity (Wildman–Crippen MR) is 492 cm³/mol. The Morgan fingerprint density at radius 2 is 0.700 bits per heavy atom. The lowest BCUT2D eigenvalue weighted by Crippen LogP contribution is -2.67. The Bertz CT molecular complexity index is 4370. The van der Waals surface area contributed by atoms with Gasteiger partial charge in [-0.3, -0.25) is 24.1 Å². The first-order valence-corrected chi connectivity index (χ1v) is 49.7. The molecule has 20 fully saturated rings. The van der Waals surface area contributed by atoms with Crippen molar-refractivity contribution < 1.29 is 65.6 Å². The van der Waals surface area contributed by atoms with Crippen LogP contribution in [-0.2, 0) is 51.3 Å². The minimum absolute atomic E-state index is 0.00543. The van der Waals surface area contributed by atoms with Crippen LogP contribution in [-0.4, -0.2) is 320 Å². The molecule has 10 bridgehead atoms. The van der Waals surface area contributed by atoms with Crippen molar-refractivity contribution in [3.63, 3.8) is 0 Å². The van der Waals surface area contributed by atoms with E-state index in [-0.39, 0.29) is 133 Å². The van der Waals surface area contributed by atoms with Crippen LogP contribution in [0.1, 0.15) is 151 Å². The number of likely N-dealkylation sites (tertiary alicyclic amines) is 5. The van der Waals surface area contributed by atoms with Crippen molar-refractivity contribution in [2.45, 2.75) is 203 Å². The van der Waals surface area contributed by atoms with Crippen molar-refractivity contribution in [3.8, 4) is 0 Å². The zero-order valence-corrected chi connectivity index (χ0v) is 77.2. The molecule has 20 aliphatic heterocycles. The number of hydrogen-bond acceptors (Lipinski definition) is 15. The monoisotopic (exact) mass is 1800 g/mol. The minimum Gasteiger partial charge on any atom is -0.352 e. The quantitative estimate of drug-likeness (QED) is 0.0201. The molecule has 0 spiro atoms. The molecule has 25 rings (SSSR count). The topological polar surface area (TPSA) is 224 Å². The smallest absolute Gasteiger partial charge is 0.315 e. The van der Waals surface area contributed by atoms with E-state index >= 15 is 0 Å². The number of quaternary nitrogens is 2. The number of nitrogens with one attached hydrogen (secondary N) is 6. The highest BCUT2D eigenvalue weighted by Gasteiger charge is 2.57. The molecule has 0 saturated carbocycles. The van der Waals surface area contributed by atoms with E-state index < -0.39 is 0 Å². The van der Waals surface area contributed by atoms with Crippen LogP contribution >= 0.6 is 0 Å². The third kappa shape index (κ3) is 25.9. The van der Waals surface area contributed by atoms with Crippen LogP contribution in [0.5, 0.6) is 0 Å². The zero-order valence-electron chi connectivity index (χ0n) is 77.2. The first-order valence-electron chi connectivity index (χ1n) is 49.7. The number of nitrogens with zero attached hydrogens (tertiary/aromatic N) is 10. The Balaban J connectivity index is 0.000000119. The Labute approximate surface area is 767 Å². The Kier molecular flexibility index (Phi) is 32.2. The highest BCUT2D eigenvalue weighted by Crippen LogP contribution is 2.48. The molecular weight excluding hydrogens is 1660 g/mol. The second kappa shape index (κ2) is 43.8. The molecule has 5 aromatic rings. The number of hydrogen-bond donors (Lipinski definition) is 8. The maximum absolute atomic E-state index is 13.0. The number of urea groups is 1. The normalized spacial score (nSPS) is 33.5. The van der Waals surface area contributed by atoms with Crippen molar-refractivity contribution in [3.05, 3.63) is 178 Å². The summed E-state index contributed by atoms with van der Waals surface area (Å²) in [6, 6.07) is 34.9. The molecule has 6 amide bonds. The van der Waals surface area contributed by atoms with E-state index in [1.807, 2.05) is 60.7 Å². The standard InChI is InChI=1S/C21H30FN3O2.C21H30FN3O.C20H29FN4O.C20H28FN3O2.C20H28FN3O/c1-21-8-12-25(27,13-9-21)15-19(21)20(26)23-18-7-11-24(14-18)10-6-16-2-4-17(22)5-3-16;1-21-8-12-25(13-9-21)15-19(21)20(26)23-18-7-11-24(14-18)10-6-16-2-4-17(22)5-3-16;21-17-3-1-15(2-4-17)5-9-24-12-8-18(13-24)22-20(26)23-19-14-25-10-6-16(19)7-11-25;21-17-3-1-15(2-4-17)5-9-23-10-6-18(14-23)22-20(25)19-13-16-7-11-24(19,26)12-8-16;21-17-3-1-15(2-4-17)5-9-23-10-8-18(14-23)22-20(25)19-13-16-6-11-24(19)12-7-16/h2-5,18-19,27H,6-15H2,1H3;2-5,18-19H,6-15H2,1H3,(H,23,26);1-4,16,18-19H,5-14H2,(H2,22,23,26);1-4,16,18-19,26H,5-14H2;1-4,16,18-19H,5-14H2,(H,22,25)/p+2/t18-,19?,21?,25?;2*18-,19?;16?,18-,19?,24?;18-,19?/m00000/s1. The molecule has 130 heavy (non-hydrogen) atoms. The number of benzene rings is 5. The zero-order chi connectivity index (χ0) is 90.5. The lowest BCUT2D eigenvalue weighted by atomic mass is 9.65. The predicted octanol–water partition coefficient (Wildman–Crippen LogP) is 10.3. The van der Waals surface area contributed by atoms with Gasteiger partial charge in [0.25, 0.3) is 5.91 Å². The first-order chi connectivity index (χ1) is 62.7. The number of carbonyl (C=O) groups excluding carboxylic acids is 5. The summed E-state index contributed by atoms with van der Waals surface area (Å²) in [5, 5.41) is 40.8. The van der Waals surface area contributed by atoms with Crippen LogP contribution in [0, 0.1) is 69.5 Å². The van der Waals surface area contributed by atoms with Gasteiger partial charge in [0.05, 0.1) is 17.9 Å². The summed E-state index contributed by atoms with van der Waals surface area (Å²) in [5.41, 5.74) is 5.99. The van der Waals surface area contributed by atoms with E-state index in [1.165, 1.54) is 111 Å². The molecule has 20 heterocycles. The summed E-state index contributed by atoms with van der Waals surface area (Å²) in [7, 11) is 0. The molecule has 0 aliphatic carbocycles. The van der Waals surface area contributed by atoms with Gasteiger partial charge in [0.1, 0.15) is 61.8 Å². The van der Waals surface area contributed by atoms with Crippen molar-refractivity contribution in [2.24, 2.45) is 40.4 Å². The maximum atomic E-state index is 13.0. The van der Waals surface area contributed by atoms with Crippen LogP contribution in [0.4, 0.5) is 26.7 Å². The second-order valence-electron chi connectivity index (χ2n) is 42.0. The highest BCUT2D eigenvalue weighted by atomic mass is 19.1. The Morgan fingerprint density at radius 3 is 1.05 bits per heavy atom. The number of carbonyl (C=O) groups is 5. The third-order valence-electron chi connectivity index (χ3n) is 32.9. The number of fused-ring (bicyclic) bond motifs is 15. The summed E-state index contributed by atoms with van der Waals surface area (Å²) in [4.78, 5) is 82.7. The molecule has 5 aromatic carbocycles. The van der Waals surface area contributed by atoms with Crippen molar-refractivity contribution in [1.29, 1.82) is 0 Å². The Hall–Kier alpha value is -7.58. The molecule has 0 radical (unpaired) electrons. The summed E-state index contributed by atoms with van der Waals surface area (Å²) in [6.07, 6.45) is 22.6. The van der Waals surface area contributed by atoms with Gasteiger partial charge in [-0.2, -0.15) is 9.29 Å². The average molecular weight is 1800 g/mol. The Morgan fingerprint density at radius 1 is 0.354 bits per heavy atom. The fourth-order valence-corrected chi connectivity index (χ4v) is 24.0. The number of piperidine rings is 15. The van der Waals surface area contributed by atoms with Crippen molar-refractivity contribution in [2.75, 3.05) is 183 Å². The van der Waals surface area contributed by atoms with Crippen LogP contribution in [0.15, 0.2) is 121 Å². The van der Waals surface area contributed by atoms with Gasteiger partial charge >= 0.3 is 6.03 Å². The van der Waals surface area contributed by atoms with Gasteiger partial charge < -0.3 is 66.2 Å². The molecule has 23 nitrogen and oxygen atoms in total. The van der Waals surface area contributed by atoms with Crippen LogP contribution in [0.3, 0.4) is 0 Å². The van der Waals surface area contributed by atoms with Crippen molar-refractivity contribution >= 4 is 29.7 Å². The lowest BCUT2D eigenvalue weighted by molar-refractivity contribution is -1.12. The molecule has 10 atom stereocenters. The number of rotatable bonds is 25. The van der Waals surface area contributed by atoms with Gasteiger partial charge in [0.15, 0.2) is 6.04 Å². The summed E-state index contributed by atoms with van der Waals surface area (Å²) >= 11 is 0. The number of amides is 6. The van der Waals surface area contributed by atoms with E-state index in [1.54, 1.807) is 0 Å². The van der Waals surface area contributed by atoms with Crippen LogP contribution < -0.4 is 31.9 Å². The minimum atomic E-state index is -0.282. The van der Waals surface area contributed by atoms with E-state index in [0.717, 1.165) is 302 Å². The van der Waals surface area contributed by atoms with Crippen LogP contribution in [0.25, 0.3) is 0 Å². The molecule has 5 unspecified atom stereocenters. The van der Waals surface area contributed by atoms with E-state index in [0.29, 0.717) is 24.4 Å². The number of halogens is 5. The van der Waals surface area contributed by atoms with E-state index in [2.05, 4.69) is 84.9 Å². The maximum Gasteiger partial charge on any atom is 0.315 e. The fourth-order valence-electron chi connectivity index (χ4n) is 24.0. The number of hydroxylamine groups is 6. The largest absolute Gasteiger partial charge is 0.352 e. The highest BCUT2D eigenvalue weighted by molar-refractivity contribution is 5.83. The lowest BCUT2D eigenvalue weighted by Gasteiger charge is -2.52. The SMILES string of the molecule is CC12CCN(CC1)CC2C(=O)N[C@H]1CCN(CCc2ccc(F)cc2)C1.CC12CC[N+](O)(CC1)CC2C(=O)N[C@H]1CCN(CCc2ccc(F)cc2)C1.O=C(NC1CN2CCC1CC2)N[C@H]1CCN(CCc2ccc(F)cc2)C1.O=C(N[C@H]1CCN(CCc2ccc(F)cc2)C1)C1CC2CCN1CC2.O=C(N[C@H]1CCN(CCc2ccc(F)cc2)C1)C1CC2CC[N+]1(O)CC2. The molecule has 20 aliphatic rings. The van der Waals surface area contributed by atoms with E-state index in [9.17, 15) is 56.3 Å². The summed E-state index contributed by atoms with van der Waals surface area (Å²) < 4.78 is 64.9. The molecule has 28 heteroatoms. The molecule has 710 valence electrons. The summed E-state index contributed by atoms with van der Waals surface area (Å²) in [6.45, 7) is 31.1. The first kappa shape index (κ1) is 95.6. The molecule has 0 aromatic heterocycles. The molecule has 20 saturated heterocycles. The molecular formula is C102H147F5N16O7+2. The van der Waals surface area contributed by atoms with Gasteiger partial charge in [0.2, 0.25) is 17.7 Å². The van der Waals surface area contributed by atoms with Gasteiger partial charge in [-0.25, -0.2) is 37.2 Å². The fraction of sp³-hybridized carbons (Fsp3) is 0.657. The van der Waals surface area contributed by atoms with Gasteiger partial charge in [-0.05, 0) is 265 Å². The van der Waals surface area contributed by atoms with Crippen LogP contribution in [0.2, 0.25) is 0 Å². The van der Waals surface area contributed by atoms with Gasteiger partial charge in [0, 0.05) is 180 Å². The van der Waals surface area contributed by atoms with Crippen molar-refractivity contribution in [1.82, 2.24) is 71.1 Å². The molecule has 8 N–H and O–H groups in total. The van der Waals surface area contributed by atoms with E-state index in [4.69, 9.17) is 0 Å². The van der Waals surface area contributed by atoms with Gasteiger partial charge in [-0.1, -0.05) is 74.5 Å². The van der Waals surface area contributed by atoms with Gasteiger partial charge in [-0.15, -0.1) is 0 Å². The summed E-state index contributed by atoms with van der Waals surface area (Å²) in [5.74, 6) is 1.80. The third-order valence-corrected chi connectivity index (χ3v) is 32.9. The average Bonchev–Trinajstić information content (AvgIpc) is 0.762.